The molecule has 0 aliphatic carbocycles. The highest BCUT2D eigenvalue weighted by Crippen LogP contribution is 2.31. The fourth-order valence-corrected chi connectivity index (χ4v) is 5.46. The largest absolute Gasteiger partial charge is 0.469 e. The highest BCUT2D eigenvalue weighted by atomic mass is 32.2. The van der Waals surface area contributed by atoms with Gasteiger partial charge in [-0.1, -0.05) is 0 Å². The minimum absolute atomic E-state index is 0.0440. The van der Waals surface area contributed by atoms with Crippen molar-refractivity contribution in [2.24, 2.45) is 0 Å². The van der Waals surface area contributed by atoms with Crippen molar-refractivity contribution >= 4 is 21.6 Å². The number of benzene rings is 1. The molecule has 0 radical (unpaired) electrons. The van der Waals surface area contributed by atoms with E-state index in [1.54, 1.807) is 33.7 Å². The van der Waals surface area contributed by atoms with Crippen molar-refractivity contribution in [3.63, 3.8) is 0 Å². The summed E-state index contributed by atoms with van der Waals surface area (Å²) in [6.07, 6.45) is 6.02. The molecule has 7 heteroatoms. The van der Waals surface area contributed by atoms with Crippen molar-refractivity contribution in [2.75, 3.05) is 24.5 Å². The lowest BCUT2D eigenvalue weighted by molar-refractivity contribution is -0.118. The predicted molar refractivity (Wildman–Crippen MR) is 102 cm³/mol. The van der Waals surface area contributed by atoms with Crippen LogP contribution >= 0.6 is 0 Å². The number of anilines is 1. The molecule has 0 unspecified atom stereocenters. The Labute approximate surface area is 159 Å². The molecule has 0 spiro atoms. The normalized spacial score (nSPS) is 17.9. The van der Waals surface area contributed by atoms with Crippen LogP contribution in [0.3, 0.4) is 0 Å². The van der Waals surface area contributed by atoms with Crippen LogP contribution < -0.4 is 4.90 Å². The maximum Gasteiger partial charge on any atom is 0.243 e. The minimum Gasteiger partial charge on any atom is -0.469 e. The van der Waals surface area contributed by atoms with Gasteiger partial charge in [-0.15, -0.1) is 0 Å². The molecule has 2 aliphatic rings. The maximum atomic E-state index is 12.8. The van der Waals surface area contributed by atoms with Crippen molar-refractivity contribution in [1.82, 2.24) is 4.31 Å². The Morgan fingerprint density at radius 1 is 1.07 bits per heavy atom. The average Bonchev–Trinajstić information content (AvgIpc) is 3.39. The fraction of sp³-hybridized carbons (Fsp3) is 0.450. The topological polar surface area (TPSA) is 70.8 Å². The molecule has 2 aliphatic heterocycles. The van der Waals surface area contributed by atoms with E-state index in [0.29, 0.717) is 37.4 Å². The van der Waals surface area contributed by atoms with E-state index in [1.807, 2.05) is 12.1 Å². The van der Waals surface area contributed by atoms with Crippen LogP contribution in [-0.4, -0.2) is 38.3 Å². The van der Waals surface area contributed by atoms with E-state index < -0.39 is 10.0 Å². The van der Waals surface area contributed by atoms with E-state index in [2.05, 4.69) is 0 Å². The molecule has 0 bridgehead atoms. The van der Waals surface area contributed by atoms with E-state index in [0.717, 1.165) is 42.7 Å². The number of hydrogen-bond acceptors (Lipinski definition) is 4. The molecule has 0 saturated carbocycles. The Kier molecular flexibility index (Phi) is 5.06. The first-order valence-electron chi connectivity index (χ1n) is 9.51. The van der Waals surface area contributed by atoms with Gasteiger partial charge in [0.05, 0.1) is 11.2 Å². The Morgan fingerprint density at radius 2 is 1.89 bits per heavy atom. The number of fused-ring (bicyclic) bond motifs is 1. The van der Waals surface area contributed by atoms with Gasteiger partial charge in [0.25, 0.3) is 0 Å². The van der Waals surface area contributed by atoms with Crippen LogP contribution in [0.15, 0.2) is 45.9 Å². The molecule has 4 rings (SSSR count). The number of aryl methyl sites for hydroxylation is 2. The quantitative estimate of drug-likeness (QED) is 0.790. The van der Waals surface area contributed by atoms with Crippen LogP contribution in [0, 0.1) is 0 Å². The standard InChI is InChI=1S/C20H24N2O4S/c23-20(10-7-17-6-4-14-26-17)22-13-3-5-16-15-18(8-9-19(16)22)27(24,25)21-11-1-2-12-21/h4,6,8-9,14-15H,1-3,5,7,10-13H2. The maximum absolute atomic E-state index is 12.8. The van der Waals surface area contributed by atoms with Crippen LogP contribution in [0.2, 0.25) is 0 Å². The number of rotatable bonds is 5. The Morgan fingerprint density at radius 3 is 2.63 bits per heavy atom. The lowest BCUT2D eigenvalue weighted by Crippen LogP contribution is -2.36. The second-order valence-electron chi connectivity index (χ2n) is 7.13. The number of furan rings is 1. The van der Waals surface area contributed by atoms with E-state index >= 15 is 0 Å². The van der Waals surface area contributed by atoms with Gasteiger partial charge in [0.15, 0.2) is 0 Å². The third-order valence-corrected chi connectivity index (χ3v) is 7.23. The number of amides is 1. The first-order valence-corrected chi connectivity index (χ1v) is 11.0. The van der Waals surface area contributed by atoms with Gasteiger partial charge in [0, 0.05) is 38.2 Å². The number of sulfonamides is 1. The zero-order chi connectivity index (χ0) is 18.9. The summed E-state index contributed by atoms with van der Waals surface area (Å²) in [5.74, 6) is 0.843. The lowest BCUT2D eigenvalue weighted by Gasteiger charge is -2.30. The molecule has 3 heterocycles. The molecule has 6 nitrogen and oxygen atoms in total. The van der Waals surface area contributed by atoms with Crippen LogP contribution in [0.5, 0.6) is 0 Å². The van der Waals surface area contributed by atoms with Crippen LogP contribution in [0.1, 0.15) is 37.0 Å². The number of hydrogen-bond donors (Lipinski definition) is 0. The molecule has 1 saturated heterocycles. The molecule has 27 heavy (non-hydrogen) atoms. The van der Waals surface area contributed by atoms with Gasteiger partial charge in [0.2, 0.25) is 15.9 Å². The summed E-state index contributed by atoms with van der Waals surface area (Å²) in [6.45, 7) is 1.86. The zero-order valence-electron chi connectivity index (χ0n) is 15.3. The first kappa shape index (κ1) is 18.3. The number of carbonyl (C=O) groups is 1. The summed E-state index contributed by atoms with van der Waals surface area (Å²) >= 11 is 0. The number of carbonyl (C=O) groups excluding carboxylic acids is 1. The molecule has 1 aromatic heterocycles. The summed E-state index contributed by atoms with van der Waals surface area (Å²) in [4.78, 5) is 14.8. The molecule has 1 fully saturated rings. The van der Waals surface area contributed by atoms with Gasteiger partial charge in [-0.3, -0.25) is 4.79 Å². The highest BCUT2D eigenvalue weighted by Gasteiger charge is 2.29. The Bertz CT molecular complexity index is 915. The van der Waals surface area contributed by atoms with Crippen LogP contribution in [0.25, 0.3) is 0 Å². The second-order valence-corrected chi connectivity index (χ2v) is 9.07. The molecule has 0 atom stereocenters. The van der Waals surface area contributed by atoms with Crippen molar-refractivity contribution in [3.8, 4) is 0 Å². The molecule has 2 aromatic rings. The van der Waals surface area contributed by atoms with E-state index in [4.69, 9.17) is 4.42 Å². The average molecular weight is 388 g/mol. The van der Waals surface area contributed by atoms with Gasteiger partial charge in [0.1, 0.15) is 5.76 Å². The smallest absolute Gasteiger partial charge is 0.243 e. The van der Waals surface area contributed by atoms with Gasteiger partial charge in [-0.05, 0) is 61.6 Å². The summed E-state index contributed by atoms with van der Waals surface area (Å²) in [7, 11) is -3.43. The van der Waals surface area contributed by atoms with Crippen molar-refractivity contribution in [1.29, 1.82) is 0 Å². The third-order valence-electron chi connectivity index (χ3n) is 5.34. The molecular formula is C20H24N2O4S. The van der Waals surface area contributed by atoms with Crippen molar-refractivity contribution < 1.29 is 17.6 Å². The summed E-state index contributed by atoms with van der Waals surface area (Å²) < 4.78 is 32.5. The van der Waals surface area contributed by atoms with Crippen LogP contribution in [-0.2, 0) is 27.7 Å². The van der Waals surface area contributed by atoms with E-state index in [1.165, 1.54) is 0 Å². The Balaban J connectivity index is 1.53. The molecular weight excluding hydrogens is 364 g/mol. The van der Waals surface area contributed by atoms with E-state index in [9.17, 15) is 13.2 Å². The molecule has 1 amide bonds. The first-order chi connectivity index (χ1) is 13.1. The third kappa shape index (κ3) is 3.66. The summed E-state index contributed by atoms with van der Waals surface area (Å²) in [6, 6.07) is 8.88. The fourth-order valence-electron chi connectivity index (χ4n) is 3.89. The van der Waals surface area contributed by atoms with Crippen molar-refractivity contribution in [3.05, 3.63) is 47.9 Å². The van der Waals surface area contributed by atoms with Gasteiger partial charge < -0.3 is 9.32 Å². The van der Waals surface area contributed by atoms with Crippen LogP contribution in [0.4, 0.5) is 5.69 Å². The second kappa shape index (κ2) is 7.48. The van der Waals surface area contributed by atoms with Crippen molar-refractivity contribution in [2.45, 2.75) is 43.4 Å². The summed E-state index contributed by atoms with van der Waals surface area (Å²) in [5, 5.41) is 0. The lowest BCUT2D eigenvalue weighted by atomic mass is 10.0. The minimum atomic E-state index is -3.43. The van der Waals surface area contributed by atoms with Gasteiger partial charge in [-0.25, -0.2) is 8.42 Å². The van der Waals surface area contributed by atoms with E-state index in [-0.39, 0.29) is 5.91 Å². The highest BCUT2D eigenvalue weighted by molar-refractivity contribution is 7.89. The zero-order valence-corrected chi connectivity index (χ0v) is 16.1. The molecule has 0 N–H and O–H groups in total. The summed E-state index contributed by atoms with van der Waals surface area (Å²) in [5.41, 5.74) is 1.78. The Hall–Kier alpha value is -2.12. The molecule has 144 valence electrons. The predicted octanol–water partition coefficient (Wildman–Crippen LogP) is 2.98. The SMILES string of the molecule is O=C(CCc1ccco1)N1CCCc2cc(S(=O)(=O)N3CCCC3)ccc21. The monoisotopic (exact) mass is 388 g/mol. The van der Waals surface area contributed by atoms with Gasteiger partial charge in [-0.2, -0.15) is 4.31 Å². The molecule has 1 aromatic carbocycles. The number of nitrogens with zero attached hydrogens (tertiary/aromatic N) is 2. The van der Waals surface area contributed by atoms with Gasteiger partial charge >= 0.3 is 0 Å².